The molecule has 0 aliphatic heterocycles. The van der Waals surface area contributed by atoms with Crippen molar-refractivity contribution >= 4 is 9.84 Å². The highest BCUT2D eigenvalue weighted by atomic mass is 32.2. The quantitative estimate of drug-likeness (QED) is 0.916. The van der Waals surface area contributed by atoms with E-state index in [-0.39, 0.29) is 0 Å². The fourth-order valence-corrected chi connectivity index (χ4v) is 4.65. The lowest BCUT2D eigenvalue weighted by Gasteiger charge is -2.28. The largest absolute Gasteiger partial charge is 0.382 e. The van der Waals surface area contributed by atoms with Crippen LogP contribution in [0.1, 0.15) is 25.0 Å². The second-order valence-electron chi connectivity index (χ2n) is 5.50. The van der Waals surface area contributed by atoms with Gasteiger partial charge in [-0.1, -0.05) is 23.4 Å². The number of rotatable bonds is 3. The third-order valence-electron chi connectivity index (χ3n) is 4.07. The fourth-order valence-electron chi connectivity index (χ4n) is 3.11. The molecule has 0 spiro atoms. The summed E-state index contributed by atoms with van der Waals surface area (Å²) in [5.41, 5.74) is -0.258. The maximum absolute atomic E-state index is 12.0. The predicted molar refractivity (Wildman–Crippen MR) is 77.7 cm³/mol. The molecule has 7 heteroatoms. The summed E-state index contributed by atoms with van der Waals surface area (Å²) in [7, 11) is -3.35. The molecule has 0 bridgehead atoms. The Morgan fingerprint density at radius 3 is 2.71 bits per heavy atom. The Morgan fingerprint density at radius 2 is 2.05 bits per heavy atom. The van der Waals surface area contributed by atoms with Crippen LogP contribution in [0.5, 0.6) is 0 Å². The van der Waals surface area contributed by atoms with Gasteiger partial charge in [0.25, 0.3) is 0 Å². The van der Waals surface area contributed by atoms with E-state index < -0.39 is 20.7 Å². The molecule has 0 radical (unpaired) electrons. The maximum atomic E-state index is 12.0. The summed E-state index contributed by atoms with van der Waals surface area (Å²) >= 11 is 0. The van der Waals surface area contributed by atoms with E-state index in [2.05, 4.69) is 10.3 Å². The number of aliphatic hydroxyl groups is 1. The molecule has 1 N–H and O–H groups in total. The zero-order valence-corrected chi connectivity index (χ0v) is 12.5. The highest BCUT2D eigenvalue weighted by molar-refractivity contribution is 7.91. The summed E-state index contributed by atoms with van der Waals surface area (Å²) in [6.07, 6.45) is 4.13. The second-order valence-corrected chi connectivity index (χ2v) is 7.73. The first-order valence-electron chi connectivity index (χ1n) is 6.81. The molecule has 1 fully saturated rings. The van der Waals surface area contributed by atoms with Gasteiger partial charge < -0.3 is 5.11 Å². The van der Waals surface area contributed by atoms with E-state index in [1.165, 1.54) is 17.1 Å². The minimum atomic E-state index is -3.35. The molecule has 0 saturated heterocycles. The van der Waals surface area contributed by atoms with Crippen molar-refractivity contribution in [1.29, 1.82) is 0 Å². The number of nitrogens with zero attached hydrogens (tertiary/aromatic N) is 3. The molecule has 6 nitrogen and oxygen atoms in total. The predicted octanol–water partition coefficient (Wildman–Crippen LogP) is 1.05. The molecule has 1 heterocycles. The molecule has 112 valence electrons. The van der Waals surface area contributed by atoms with Crippen LogP contribution >= 0.6 is 0 Å². The van der Waals surface area contributed by atoms with Crippen molar-refractivity contribution < 1.29 is 13.5 Å². The lowest BCUT2D eigenvalue weighted by Crippen LogP contribution is -2.41. The first kappa shape index (κ1) is 14.2. The number of sulfone groups is 1. The van der Waals surface area contributed by atoms with Crippen LogP contribution in [0.2, 0.25) is 0 Å². The van der Waals surface area contributed by atoms with E-state index >= 15 is 0 Å². The fraction of sp³-hybridized carbons (Fsp3) is 0.429. The van der Waals surface area contributed by atoms with Crippen molar-refractivity contribution in [1.82, 2.24) is 15.0 Å². The first-order chi connectivity index (χ1) is 9.93. The lowest BCUT2D eigenvalue weighted by atomic mass is 9.98. The van der Waals surface area contributed by atoms with Crippen LogP contribution in [0, 0.1) is 0 Å². The molecular weight excluding hydrogens is 290 g/mol. The van der Waals surface area contributed by atoms with Crippen LogP contribution in [0.3, 0.4) is 0 Å². The zero-order chi connectivity index (χ0) is 15.1. The van der Waals surface area contributed by atoms with Gasteiger partial charge in [-0.3, -0.25) is 0 Å². The molecule has 1 aliphatic rings. The van der Waals surface area contributed by atoms with Crippen molar-refractivity contribution in [3.8, 4) is 5.69 Å². The van der Waals surface area contributed by atoms with Crippen LogP contribution < -0.4 is 0 Å². The van der Waals surface area contributed by atoms with Gasteiger partial charge >= 0.3 is 0 Å². The van der Waals surface area contributed by atoms with E-state index in [0.717, 1.165) is 5.69 Å². The Balaban J connectivity index is 2.11. The minimum absolute atomic E-state index is 0.394. The minimum Gasteiger partial charge on any atom is -0.382 e. The highest BCUT2D eigenvalue weighted by Crippen LogP contribution is 2.42. The first-order valence-corrected chi connectivity index (χ1v) is 8.76. The van der Waals surface area contributed by atoms with Gasteiger partial charge in [0.15, 0.2) is 9.84 Å². The Morgan fingerprint density at radius 1 is 1.33 bits per heavy atom. The van der Waals surface area contributed by atoms with E-state index in [4.69, 9.17) is 0 Å². The Hall–Kier alpha value is -1.73. The summed E-state index contributed by atoms with van der Waals surface area (Å²) in [6.45, 7) is 0. The number of hydrogen-bond donors (Lipinski definition) is 1. The maximum Gasteiger partial charge on any atom is 0.153 e. The Labute approximate surface area is 123 Å². The van der Waals surface area contributed by atoms with E-state index in [1.54, 1.807) is 0 Å². The standard InChI is InChI=1S/C14H17N3O3S/c1-21(19,20)13-8-5-9-14(13,18)12-10-15-16-17(12)11-6-3-2-4-7-11/h2-4,6-7,10,13,18H,5,8-9H2,1H3. The average molecular weight is 307 g/mol. The van der Waals surface area contributed by atoms with Gasteiger partial charge in [-0.15, -0.1) is 5.10 Å². The molecule has 1 saturated carbocycles. The third-order valence-corrected chi connectivity index (χ3v) is 5.73. The number of aromatic nitrogens is 3. The van der Waals surface area contributed by atoms with E-state index in [1.807, 2.05) is 30.3 Å². The molecule has 2 atom stereocenters. The van der Waals surface area contributed by atoms with Gasteiger partial charge in [0, 0.05) is 6.26 Å². The molecule has 3 rings (SSSR count). The lowest BCUT2D eigenvalue weighted by molar-refractivity contribution is 0.0407. The van der Waals surface area contributed by atoms with E-state index in [9.17, 15) is 13.5 Å². The van der Waals surface area contributed by atoms with Crippen LogP contribution in [0.25, 0.3) is 5.69 Å². The van der Waals surface area contributed by atoms with E-state index in [0.29, 0.717) is 25.0 Å². The van der Waals surface area contributed by atoms with Crippen LogP contribution in [0.15, 0.2) is 36.5 Å². The van der Waals surface area contributed by atoms with Crippen molar-refractivity contribution in [2.75, 3.05) is 6.26 Å². The summed E-state index contributed by atoms with van der Waals surface area (Å²) in [6, 6.07) is 9.27. The molecule has 1 aromatic carbocycles. The summed E-state index contributed by atoms with van der Waals surface area (Å²) in [5.74, 6) is 0. The molecule has 0 amide bonds. The van der Waals surface area contributed by atoms with Gasteiger partial charge in [0.1, 0.15) is 5.60 Å². The van der Waals surface area contributed by atoms with Crippen molar-refractivity contribution in [3.63, 3.8) is 0 Å². The normalized spacial score (nSPS) is 26.1. The molecular formula is C14H17N3O3S. The second kappa shape index (κ2) is 4.92. The summed E-state index contributed by atoms with van der Waals surface area (Å²) in [4.78, 5) is 0. The Bertz CT molecular complexity index is 742. The average Bonchev–Trinajstić information content (AvgIpc) is 3.06. The molecule has 21 heavy (non-hydrogen) atoms. The number of hydrogen-bond acceptors (Lipinski definition) is 5. The smallest absolute Gasteiger partial charge is 0.153 e. The summed E-state index contributed by atoms with van der Waals surface area (Å²) < 4.78 is 25.5. The van der Waals surface area contributed by atoms with Gasteiger partial charge in [0.05, 0.1) is 22.8 Å². The number of para-hydroxylation sites is 1. The van der Waals surface area contributed by atoms with Crippen molar-refractivity contribution in [3.05, 3.63) is 42.2 Å². The number of benzene rings is 1. The molecule has 2 unspecified atom stereocenters. The van der Waals surface area contributed by atoms with Crippen LogP contribution in [-0.2, 0) is 15.4 Å². The zero-order valence-electron chi connectivity index (χ0n) is 11.7. The SMILES string of the molecule is CS(=O)(=O)C1CCCC1(O)c1cnnn1-c1ccccc1. The highest BCUT2D eigenvalue weighted by Gasteiger charge is 2.50. The van der Waals surface area contributed by atoms with Gasteiger partial charge in [-0.05, 0) is 31.4 Å². The molecule has 2 aromatic rings. The van der Waals surface area contributed by atoms with Crippen LogP contribution in [0.4, 0.5) is 0 Å². The van der Waals surface area contributed by atoms with Crippen molar-refractivity contribution in [2.24, 2.45) is 0 Å². The van der Waals surface area contributed by atoms with Gasteiger partial charge in [-0.2, -0.15) is 0 Å². The van der Waals surface area contributed by atoms with Gasteiger partial charge in [-0.25, -0.2) is 13.1 Å². The van der Waals surface area contributed by atoms with Crippen molar-refractivity contribution in [2.45, 2.75) is 30.1 Å². The Kier molecular flexibility index (Phi) is 3.33. The monoisotopic (exact) mass is 307 g/mol. The third kappa shape index (κ3) is 2.36. The van der Waals surface area contributed by atoms with Gasteiger partial charge in [0.2, 0.25) is 0 Å². The topological polar surface area (TPSA) is 85.1 Å². The van der Waals surface area contributed by atoms with Crippen LogP contribution in [-0.4, -0.2) is 40.0 Å². The molecule has 1 aromatic heterocycles. The summed E-state index contributed by atoms with van der Waals surface area (Å²) in [5, 5.41) is 18.1. The molecule has 1 aliphatic carbocycles.